The van der Waals surface area contributed by atoms with Crippen LogP contribution < -0.4 is 0 Å². The fourth-order valence-electron chi connectivity index (χ4n) is 2.12. The fraction of sp³-hybridized carbons (Fsp3) is 0.700. The molecule has 0 aliphatic heterocycles. The van der Waals surface area contributed by atoms with Crippen LogP contribution in [-0.2, 0) is 0 Å². The summed E-state index contributed by atoms with van der Waals surface area (Å²) in [6.45, 7) is 2.25. The van der Waals surface area contributed by atoms with Crippen LogP contribution in [0.5, 0.6) is 0 Å². The number of rotatable bonds is 1. The summed E-state index contributed by atoms with van der Waals surface area (Å²) in [4.78, 5) is 4.01. The molecule has 0 aromatic carbocycles. The van der Waals surface area contributed by atoms with Crippen LogP contribution >= 0.6 is 0 Å². The second-order valence-corrected chi connectivity index (χ2v) is 4.06. The van der Waals surface area contributed by atoms with Gasteiger partial charge in [-0.3, -0.25) is 0 Å². The number of nitrogens with zero attached hydrogens (tertiary/aromatic N) is 2. The van der Waals surface area contributed by atoms with Crippen LogP contribution in [0.1, 0.15) is 32.2 Å². The third-order valence-electron chi connectivity index (χ3n) is 2.95. The molecule has 0 saturated heterocycles. The van der Waals surface area contributed by atoms with E-state index in [9.17, 15) is 5.11 Å². The quantitative estimate of drug-likeness (QED) is 0.713. The minimum Gasteiger partial charge on any atom is -0.391 e. The standard InChI is InChI=1S/C10H16N2O/c1-8-2-3-10(13)9(6-8)12-5-4-11-7-12/h4-5,7-10,13H,2-3,6H2,1H3. The molecule has 1 fully saturated rings. The van der Waals surface area contributed by atoms with Gasteiger partial charge in [-0.2, -0.15) is 0 Å². The maximum atomic E-state index is 9.81. The zero-order chi connectivity index (χ0) is 9.26. The maximum absolute atomic E-state index is 9.81. The number of hydrogen-bond donors (Lipinski definition) is 1. The molecule has 0 bridgehead atoms. The molecule has 0 amide bonds. The molecule has 13 heavy (non-hydrogen) atoms. The Balaban J connectivity index is 2.12. The molecule has 0 radical (unpaired) electrons. The molecule has 2 rings (SSSR count). The lowest BCUT2D eigenvalue weighted by atomic mass is 9.85. The van der Waals surface area contributed by atoms with Crippen LogP contribution in [-0.4, -0.2) is 20.8 Å². The second-order valence-electron chi connectivity index (χ2n) is 4.06. The first kappa shape index (κ1) is 8.75. The van der Waals surface area contributed by atoms with Crippen LogP contribution in [0.2, 0.25) is 0 Å². The van der Waals surface area contributed by atoms with Crippen LogP contribution in [0.3, 0.4) is 0 Å². The summed E-state index contributed by atoms with van der Waals surface area (Å²) in [5.41, 5.74) is 0. The van der Waals surface area contributed by atoms with Crippen LogP contribution in [0.25, 0.3) is 0 Å². The van der Waals surface area contributed by atoms with E-state index in [0.717, 1.165) is 25.2 Å². The molecule has 3 nitrogen and oxygen atoms in total. The van der Waals surface area contributed by atoms with Crippen molar-refractivity contribution in [2.75, 3.05) is 0 Å². The molecule has 3 heteroatoms. The lowest BCUT2D eigenvalue weighted by molar-refractivity contribution is 0.0577. The highest BCUT2D eigenvalue weighted by molar-refractivity contribution is 4.88. The summed E-state index contributed by atoms with van der Waals surface area (Å²) in [7, 11) is 0. The van der Waals surface area contributed by atoms with Gasteiger partial charge in [0.1, 0.15) is 0 Å². The van der Waals surface area contributed by atoms with Gasteiger partial charge < -0.3 is 9.67 Å². The molecule has 1 N–H and O–H groups in total. The van der Waals surface area contributed by atoms with Crippen LogP contribution in [0.4, 0.5) is 0 Å². The van der Waals surface area contributed by atoms with E-state index in [1.165, 1.54) is 0 Å². The van der Waals surface area contributed by atoms with Crippen molar-refractivity contribution in [3.05, 3.63) is 18.7 Å². The molecule has 1 aliphatic rings. The third-order valence-corrected chi connectivity index (χ3v) is 2.95. The van der Waals surface area contributed by atoms with Crippen LogP contribution in [0, 0.1) is 5.92 Å². The molecule has 1 aromatic heterocycles. The summed E-state index contributed by atoms with van der Waals surface area (Å²) in [6.07, 6.45) is 8.45. The lowest BCUT2D eigenvalue weighted by Crippen LogP contribution is -2.30. The van der Waals surface area contributed by atoms with Gasteiger partial charge >= 0.3 is 0 Å². The smallest absolute Gasteiger partial charge is 0.0949 e. The molecule has 72 valence electrons. The molecule has 0 spiro atoms. The van der Waals surface area contributed by atoms with Gasteiger partial charge in [-0.15, -0.1) is 0 Å². The van der Waals surface area contributed by atoms with E-state index in [4.69, 9.17) is 0 Å². The van der Waals surface area contributed by atoms with Gasteiger partial charge in [0.25, 0.3) is 0 Å². The topological polar surface area (TPSA) is 38.0 Å². The van der Waals surface area contributed by atoms with Crippen molar-refractivity contribution in [3.63, 3.8) is 0 Å². The van der Waals surface area contributed by atoms with Crippen molar-refractivity contribution >= 4 is 0 Å². The second kappa shape index (κ2) is 3.50. The summed E-state index contributed by atoms with van der Waals surface area (Å²) in [5.74, 6) is 0.718. The highest BCUT2D eigenvalue weighted by Crippen LogP contribution is 2.32. The minimum absolute atomic E-state index is 0.189. The van der Waals surface area contributed by atoms with Crippen molar-refractivity contribution in [1.82, 2.24) is 9.55 Å². The number of imidazole rings is 1. The predicted molar refractivity (Wildman–Crippen MR) is 50.3 cm³/mol. The molecule has 1 aromatic rings. The Hall–Kier alpha value is -0.830. The maximum Gasteiger partial charge on any atom is 0.0949 e. The van der Waals surface area contributed by atoms with E-state index < -0.39 is 0 Å². The summed E-state index contributed by atoms with van der Waals surface area (Å²) < 4.78 is 2.03. The number of aromatic nitrogens is 2. The minimum atomic E-state index is -0.189. The van der Waals surface area contributed by atoms with Gasteiger partial charge in [0.2, 0.25) is 0 Å². The Morgan fingerprint density at radius 3 is 3.00 bits per heavy atom. The van der Waals surface area contributed by atoms with E-state index in [1.807, 2.05) is 10.8 Å². The molecule has 1 heterocycles. The number of aliphatic hydroxyl groups is 1. The van der Waals surface area contributed by atoms with Gasteiger partial charge in [-0.25, -0.2) is 4.98 Å². The molecule has 1 saturated carbocycles. The van der Waals surface area contributed by atoms with Gasteiger partial charge in [0.05, 0.1) is 18.5 Å². The van der Waals surface area contributed by atoms with E-state index >= 15 is 0 Å². The van der Waals surface area contributed by atoms with Crippen molar-refractivity contribution < 1.29 is 5.11 Å². The number of aliphatic hydroxyl groups excluding tert-OH is 1. The van der Waals surface area contributed by atoms with Crippen molar-refractivity contribution in [2.24, 2.45) is 5.92 Å². The predicted octanol–water partition coefficient (Wildman–Crippen LogP) is 1.61. The SMILES string of the molecule is CC1CCC(O)C(n2ccnc2)C1. The van der Waals surface area contributed by atoms with Crippen LogP contribution in [0.15, 0.2) is 18.7 Å². The van der Waals surface area contributed by atoms with E-state index in [-0.39, 0.29) is 12.1 Å². The van der Waals surface area contributed by atoms with Crippen molar-refractivity contribution in [1.29, 1.82) is 0 Å². The molecule has 3 unspecified atom stereocenters. The average Bonchev–Trinajstić information content (AvgIpc) is 2.61. The Labute approximate surface area is 78.4 Å². The van der Waals surface area contributed by atoms with Crippen molar-refractivity contribution in [3.8, 4) is 0 Å². The largest absolute Gasteiger partial charge is 0.391 e. The molecular weight excluding hydrogens is 164 g/mol. The van der Waals surface area contributed by atoms with Gasteiger partial charge in [-0.1, -0.05) is 6.92 Å². The summed E-state index contributed by atoms with van der Waals surface area (Å²) in [6, 6.07) is 0.242. The molecule has 1 aliphatic carbocycles. The Morgan fingerprint density at radius 1 is 1.46 bits per heavy atom. The highest BCUT2D eigenvalue weighted by atomic mass is 16.3. The molecule has 3 atom stereocenters. The normalized spacial score (nSPS) is 34.8. The first-order valence-electron chi connectivity index (χ1n) is 4.93. The van der Waals surface area contributed by atoms with E-state index in [2.05, 4.69) is 11.9 Å². The first-order valence-corrected chi connectivity index (χ1v) is 4.93. The van der Waals surface area contributed by atoms with Crippen molar-refractivity contribution in [2.45, 2.75) is 38.3 Å². The van der Waals surface area contributed by atoms with Gasteiger partial charge in [0.15, 0.2) is 0 Å². The third kappa shape index (κ3) is 1.75. The highest BCUT2D eigenvalue weighted by Gasteiger charge is 2.27. The zero-order valence-electron chi connectivity index (χ0n) is 7.93. The molecular formula is C10H16N2O. The van der Waals surface area contributed by atoms with Gasteiger partial charge in [0, 0.05) is 12.4 Å². The fourth-order valence-corrected chi connectivity index (χ4v) is 2.12. The Morgan fingerprint density at radius 2 is 2.31 bits per heavy atom. The van der Waals surface area contributed by atoms with E-state index in [0.29, 0.717) is 0 Å². The summed E-state index contributed by atoms with van der Waals surface area (Å²) >= 11 is 0. The zero-order valence-corrected chi connectivity index (χ0v) is 7.93. The monoisotopic (exact) mass is 180 g/mol. The lowest BCUT2D eigenvalue weighted by Gasteiger charge is -2.32. The number of hydrogen-bond acceptors (Lipinski definition) is 2. The summed E-state index contributed by atoms with van der Waals surface area (Å²) in [5, 5.41) is 9.81. The average molecular weight is 180 g/mol. The Bertz CT molecular complexity index is 258. The first-order chi connectivity index (χ1) is 6.27. The van der Waals surface area contributed by atoms with Gasteiger partial charge in [-0.05, 0) is 25.2 Å². The van der Waals surface area contributed by atoms with E-state index in [1.54, 1.807) is 12.5 Å². The Kier molecular flexibility index (Phi) is 2.36.